The Morgan fingerprint density at radius 3 is 2.95 bits per heavy atom. The van der Waals surface area contributed by atoms with Crippen LogP contribution in [0.1, 0.15) is 38.8 Å². The molecule has 0 amide bonds. The molecule has 1 aromatic carbocycles. The maximum atomic E-state index is 12.4. The standard InChI is InChI=1S/C17H14ClNO2/c1-10(20)16-9-19-5-4-11(16)6-13-7-12-8-14(18)2-3-15(12)17(13)21/h2-5,8-9,13H,6-7H2,1H3. The van der Waals surface area contributed by atoms with Gasteiger partial charge in [-0.05, 0) is 55.2 Å². The Hall–Kier alpha value is -2.00. The third-order valence-electron chi connectivity index (χ3n) is 3.93. The van der Waals surface area contributed by atoms with Crippen LogP contribution in [0.2, 0.25) is 5.02 Å². The van der Waals surface area contributed by atoms with Crippen molar-refractivity contribution in [1.82, 2.24) is 4.98 Å². The lowest BCUT2D eigenvalue weighted by atomic mass is 9.93. The highest BCUT2D eigenvalue weighted by Crippen LogP contribution is 2.31. The molecule has 0 aliphatic heterocycles. The largest absolute Gasteiger partial charge is 0.294 e. The van der Waals surface area contributed by atoms with E-state index in [9.17, 15) is 9.59 Å². The van der Waals surface area contributed by atoms with Crippen molar-refractivity contribution in [3.05, 3.63) is 63.9 Å². The van der Waals surface area contributed by atoms with E-state index in [0.717, 1.165) is 16.7 Å². The van der Waals surface area contributed by atoms with Crippen molar-refractivity contribution in [2.75, 3.05) is 0 Å². The number of ketones is 2. The first-order valence-corrected chi connectivity index (χ1v) is 7.20. The summed E-state index contributed by atoms with van der Waals surface area (Å²) in [7, 11) is 0. The molecule has 3 rings (SSSR count). The van der Waals surface area contributed by atoms with Gasteiger partial charge in [0.05, 0.1) is 0 Å². The number of rotatable bonds is 3. The molecule has 1 aliphatic carbocycles. The van der Waals surface area contributed by atoms with Gasteiger partial charge in [0.15, 0.2) is 11.6 Å². The summed E-state index contributed by atoms with van der Waals surface area (Å²) >= 11 is 5.98. The van der Waals surface area contributed by atoms with Crippen LogP contribution in [0, 0.1) is 5.92 Å². The Labute approximate surface area is 128 Å². The molecule has 0 fully saturated rings. The number of halogens is 1. The summed E-state index contributed by atoms with van der Waals surface area (Å²) < 4.78 is 0. The lowest BCUT2D eigenvalue weighted by Gasteiger charge is -2.10. The number of carbonyl (C=O) groups is 2. The zero-order valence-corrected chi connectivity index (χ0v) is 12.4. The maximum Gasteiger partial charge on any atom is 0.166 e. The van der Waals surface area contributed by atoms with E-state index >= 15 is 0 Å². The predicted octanol–water partition coefficient (Wildman–Crippen LogP) is 3.54. The number of pyridine rings is 1. The van der Waals surface area contributed by atoms with Crippen LogP contribution in [0.4, 0.5) is 0 Å². The second-order valence-electron chi connectivity index (χ2n) is 5.36. The SMILES string of the molecule is CC(=O)c1cnccc1CC1Cc2cc(Cl)ccc2C1=O. The van der Waals surface area contributed by atoms with E-state index in [1.54, 1.807) is 24.5 Å². The van der Waals surface area contributed by atoms with E-state index in [0.29, 0.717) is 23.4 Å². The minimum atomic E-state index is -0.126. The third-order valence-corrected chi connectivity index (χ3v) is 4.16. The molecule has 4 heteroatoms. The molecule has 0 radical (unpaired) electrons. The topological polar surface area (TPSA) is 47.0 Å². The van der Waals surface area contributed by atoms with Gasteiger partial charge in [-0.3, -0.25) is 14.6 Å². The summed E-state index contributed by atoms with van der Waals surface area (Å²) in [6.45, 7) is 1.52. The van der Waals surface area contributed by atoms with Gasteiger partial charge in [-0.1, -0.05) is 11.6 Å². The number of nitrogens with zero attached hydrogens (tertiary/aromatic N) is 1. The molecule has 0 saturated heterocycles. The number of fused-ring (bicyclic) bond motifs is 1. The van der Waals surface area contributed by atoms with Crippen LogP contribution < -0.4 is 0 Å². The van der Waals surface area contributed by atoms with Crippen LogP contribution in [-0.2, 0) is 12.8 Å². The van der Waals surface area contributed by atoms with Crippen LogP contribution >= 0.6 is 11.6 Å². The van der Waals surface area contributed by atoms with E-state index in [1.807, 2.05) is 12.1 Å². The summed E-state index contributed by atoms with van der Waals surface area (Å²) in [6, 6.07) is 7.21. The zero-order valence-electron chi connectivity index (χ0n) is 11.6. The lowest BCUT2D eigenvalue weighted by Crippen LogP contribution is -2.14. The van der Waals surface area contributed by atoms with Gasteiger partial charge in [-0.2, -0.15) is 0 Å². The van der Waals surface area contributed by atoms with Crippen LogP contribution in [0.3, 0.4) is 0 Å². The van der Waals surface area contributed by atoms with Gasteiger partial charge in [0.25, 0.3) is 0 Å². The minimum Gasteiger partial charge on any atom is -0.294 e. The minimum absolute atomic E-state index is 0.0240. The molecule has 0 saturated carbocycles. The highest BCUT2D eigenvalue weighted by atomic mass is 35.5. The summed E-state index contributed by atoms with van der Waals surface area (Å²) in [6.07, 6.45) is 4.46. The van der Waals surface area contributed by atoms with E-state index in [-0.39, 0.29) is 17.5 Å². The molecule has 1 aliphatic rings. The van der Waals surface area contributed by atoms with Crippen molar-refractivity contribution >= 4 is 23.2 Å². The molecule has 1 unspecified atom stereocenters. The molecule has 1 aromatic heterocycles. The number of carbonyl (C=O) groups excluding carboxylic acids is 2. The molecule has 1 atom stereocenters. The fourth-order valence-electron chi connectivity index (χ4n) is 2.90. The second-order valence-corrected chi connectivity index (χ2v) is 5.80. The molecule has 3 nitrogen and oxygen atoms in total. The Morgan fingerprint density at radius 2 is 2.19 bits per heavy atom. The Morgan fingerprint density at radius 1 is 1.38 bits per heavy atom. The summed E-state index contributed by atoms with van der Waals surface area (Å²) in [5, 5.41) is 0.649. The van der Waals surface area contributed by atoms with Crippen molar-refractivity contribution in [3.63, 3.8) is 0 Å². The third kappa shape index (κ3) is 2.61. The van der Waals surface area contributed by atoms with Crippen LogP contribution in [0.5, 0.6) is 0 Å². The van der Waals surface area contributed by atoms with Crippen molar-refractivity contribution in [2.45, 2.75) is 19.8 Å². The van der Waals surface area contributed by atoms with Crippen LogP contribution in [0.25, 0.3) is 0 Å². The Kier molecular flexibility index (Phi) is 3.60. The van der Waals surface area contributed by atoms with Crippen LogP contribution in [0.15, 0.2) is 36.7 Å². The first kappa shape index (κ1) is 14.0. The van der Waals surface area contributed by atoms with Crippen molar-refractivity contribution in [1.29, 1.82) is 0 Å². The van der Waals surface area contributed by atoms with Crippen LogP contribution in [-0.4, -0.2) is 16.6 Å². The normalized spacial score (nSPS) is 16.9. The smallest absolute Gasteiger partial charge is 0.166 e. The maximum absolute atomic E-state index is 12.4. The van der Waals surface area contributed by atoms with Crippen molar-refractivity contribution in [3.8, 4) is 0 Å². The van der Waals surface area contributed by atoms with Gasteiger partial charge in [-0.25, -0.2) is 0 Å². The average Bonchev–Trinajstić information content (AvgIpc) is 2.75. The van der Waals surface area contributed by atoms with Gasteiger partial charge < -0.3 is 0 Å². The number of aromatic nitrogens is 1. The molecule has 0 bridgehead atoms. The lowest BCUT2D eigenvalue weighted by molar-refractivity contribution is 0.0933. The molecule has 2 aromatic rings. The second kappa shape index (κ2) is 5.41. The van der Waals surface area contributed by atoms with E-state index < -0.39 is 0 Å². The highest BCUT2D eigenvalue weighted by Gasteiger charge is 2.31. The fraction of sp³-hybridized carbons (Fsp3) is 0.235. The molecular formula is C17H14ClNO2. The van der Waals surface area contributed by atoms with E-state index in [1.165, 1.54) is 6.92 Å². The van der Waals surface area contributed by atoms with E-state index in [4.69, 9.17) is 11.6 Å². The Bertz CT molecular complexity index is 739. The van der Waals surface area contributed by atoms with Gasteiger partial charge in [0.2, 0.25) is 0 Å². The monoisotopic (exact) mass is 299 g/mol. The van der Waals surface area contributed by atoms with Gasteiger partial charge in [0.1, 0.15) is 0 Å². The molecule has 106 valence electrons. The molecular weight excluding hydrogens is 286 g/mol. The van der Waals surface area contributed by atoms with Crippen molar-refractivity contribution in [2.24, 2.45) is 5.92 Å². The summed E-state index contributed by atoms with van der Waals surface area (Å²) in [4.78, 5) is 28.1. The quantitative estimate of drug-likeness (QED) is 0.815. The Balaban J connectivity index is 1.88. The first-order valence-electron chi connectivity index (χ1n) is 6.82. The molecule has 0 N–H and O–H groups in total. The fourth-order valence-corrected chi connectivity index (χ4v) is 3.09. The summed E-state index contributed by atoms with van der Waals surface area (Å²) in [5.41, 5.74) is 3.23. The first-order chi connectivity index (χ1) is 10.1. The number of benzene rings is 1. The van der Waals surface area contributed by atoms with E-state index in [2.05, 4.69) is 4.98 Å². The highest BCUT2D eigenvalue weighted by molar-refractivity contribution is 6.30. The molecule has 21 heavy (non-hydrogen) atoms. The van der Waals surface area contributed by atoms with Gasteiger partial charge in [0, 0.05) is 34.5 Å². The number of Topliss-reactive ketones (excluding diaryl/α,β-unsaturated/α-hetero) is 2. The zero-order chi connectivity index (χ0) is 15.0. The summed E-state index contributed by atoms with van der Waals surface area (Å²) in [5.74, 6) is -0.0175. The van der Waals surface area contributed by atoms with Gasteiger partial charge >= 0.3 is 0 Å². The average molecular weight is 300 g/mol. The molecule has 0 spiro atoms. The van der Waals surface area contributed by atoms with Gasteiger partial charge in [-0.15, -0.1) is 0 Å². The number of hydrogen-bond donors (Lipinski definition) is 0. The number of hydrogen-bond acceptors (Lipinski definition) is 3. The van der Waals surface area contributed by atoms with Crippen molar-refractivity contribution < 1.29 is 9.59 Å². The predicted molar refractivity (Wildman–Crippen MR) is 80.9 cm³/mol. The molecule has 1 heterocycles.